The minimum Gasteiger partial charge on any atom is -0.362 e. The molecular weight excluding hydrogens is 259 g/mol. The first-order valence-corrected chi connectivity index (χ1v) is 7.13. The fourth-order valence-corrected chi connectivity index (χ4v) is 2.43. The van der Waals surface area contributed by atoms with Gasteiger partial charge in [0.15, 0.2) is 5.11 Å². The maximum absolute atomic E-state index is 13.0. The molecule has 102 valence electrons. The van der Waals surface area contributed by atoms with Crippen molar-refractivity contribution in [3.05, 3.63) is 41.7 Å². The number of rotatable bonds is 4. The number of halogens is 1. The van der Waals surface area contributed by atoms with Gasteiger partial charge >= 0.3 is 0 Å². The molecule has 1 aromatic rings. The third kappa shape index (κ3) is 4.99. The highest BCUT2D eigenvalue weighted by molar-refractivity contribution is 7.80. The van der Waals surface area contributed by atoms with Gasteiger partial charge in [-0.3, -0.25) is 0 Å². The van der Waals surface area contributed by atoms with Gasteiger partial charge in [0.05, 0.1) is 0 Å². The number of nitrogens with one attached hydrogen (secondary N) is 2. The van der Waals surface area contributed by atoms with Gasteiger partial charge in [0.25, 0.3) is 0 Å². The average molecular weight is 278 g/mol. The zero-order valence-corrected chi connectivity index (χ0v) is 11.7. The average Bonchev–Trinajstić information content (AvgIpc) is 2.40. The lowest BCUT2D eigenvalue weighted by Gasteiger charge is -2.14. The summed E-state index contributed by atoms with van der Waals surface area (Å²) in [6.45, 7) is 0.826. The molecule has 2 N–H and O–H groups in total. The summed E-state index contributed by atoms with van der Waals surface area (Å²) in [5.41, 5.74) is 2.20. The van der Waals surface area contributed by atoms with E-state index in [1.165, 1.54) is 43.4 Å². The first kappa shape index (κ1) is 14.0. The zero-order chi connectivity index (χ0) is 13.5. The molecule has 0 aromatic heterocycles. The van der Waals surface area contributed by atoms with Crippen LogP contribution in [0.5, 0.6) is 0 Å². The Bertz CT molecular complexity index is 471. The van der Waals surface area contributed by atoms with Gasteiger partial charge < -0.3 is 10.6 Å². The molecule has 0 bridgehead atoms. The van der Waals surface area contributed by atoms with Gasteiger partial charge in [-0.15, -0.1) is 0 Å². The molecule has 0 radical (unpaired) electrons. The molecule has 1 aliphatic rings. The van der Waals surface area contributed by atoms with E-state index < -0.39 is 0 Å². The fourth-order valence-electron chi connectivity index (χ4n) is 2.21. The van der Waals surface area contributed by atoms with E-state index in [1.54, 1.807) is 12.1 Å². The van der Waals surface area contributed by atoms with Crippen LogP contribution in [0.15, 0.2) is 35.9 Å². The summed E-state index contributed by atoms with van der Waals surface area (Å²) in [4.78, 5) is 0. The zero-order valence-electron chi connectivity index (χ0n) is 10.9. The summed E-state index contributed by atoms with van der Waals surface area (Å²) < 4.78 is 13.0. The SMILES string of the molecule is Fc1cccc(NC(=S)NCCC2=CCCCC2)c1. The van der Waals surface area contributed by atoms with E-state index in [1.807, 2.05) is 0 Å². The lowest BCUT2D eigenvalue weighted by molar-refractivity contribution is 0.628. The van der Waals surface area contributed by atoms with Crippen LogP contribution in [-0.2, 0) is 0 Å². The topological polar surface area (TPSA) is 24.1 Å². The van der Waals surface area contributed by atoms with Crippen molar-refractivity contribution in [1.29, 1.82) is 0 Å². The summed E-state index contributed by atoms with van der Waals surface area (Å²) >= 11 is 5.18. The van der Waals surface area contributed by atoms with E-state index in [9.17, 15) is 4.39 Å². The first-order valence-electron chi connectivity index (χ1n) is 6.72. The van der Waals surface area contributed by atoms with Crippen molar-refractivity contribution in [2.24, 2.45) is 0 Å². The van der Waals surface area contributed by atoms with Gasteiger partial charge in [-0.2, -0.15) is 0 Å². The molecule has 0 unspecified atom stereocenters. The Morgan fingerprint density at radius 3 is 2.95 bits per heavy atom. The summed E-state index contributed by atoms with van der Waals surface area (Å²) in [6, 6.07) is 6.29. The number of thiocarbonyl (C=S) groups is 1. The van der Waals surface area contributed by atoms with E-state index >= 15 is 0 Å². The quantitative estimate of drug-likeness (QED) is 0.643. The molecule has 2 nitrogen and oxygen atoms in total. The lowest BCUT2D eigenvalue weighted by atomic mass is 9.97. The molecule has 0 aliphatic heterocycles. The van der Waals surface area contributed by atoms with Crippen LogP contribution in [0.25, 0.3) is 0 Å². The molecule has 1 aromatic carbocycles. The van der Waals surface area contributed by atoms with E-state index in [0.29, 0.717) is 10.8 Å². The van der Waals surface area contributed by atoms with E-state index in [4.69, 9.17) is 12.2 Å². The number of hydrogen-bond donors (Lipinski definition) is 2. The second-order valence-electron chi connectivity index (χ2n) is 4.75. The number of anilines is 1. The Balaban J connectivity index is 1.71. The number of benzene rings is 1. The summed E-state index contributed by atoms with van der Waals surface area (Å²) in [6.07, 6.45) is 8.42. The van der Waals surface area contributed by atoms with Crippen molar-refractivity contribution in [1.82, 2.24) is 5.32 Å². The van der Waals surface area contributed by atoms with Crippen molar-refractivity contribution < 1.29 is 4.39 Å². The van der Waals surface area contributed by atoms with E-state index in [0.717, 1.165) is 13.0 Å². The maximum Gasteiger partial charge on any atom is 0.170 e. The van der Waals surface area contributed by atoms with Gasteiger partial charge in [-0.1, -0.05) is 17.7 Å². The Morgan fingerprint density at radius 1 is 1.32 bits per heavy atom. The molecule has 4 heteroatoms. The Morgan fingerprint density at radius 2 is 2.21 bits per heavy atom. The molecule has 19 heavy (non-hydrogen) atoms. The van der Waals surface area contributed by atoms with Gasteiger partial charge in [0.1, 0.15) is 5.82 Å². The third-order valence-corrected chi connectivity index (χ3v) is 3.45. The van der Waals surface area contributed by atoms with Gasteiger partial charge in [-0.05, 0) is 62.5 Å². The van der Waals surface area contributed by atoms with Crippen molar-refractivity contribution >= 4 is 23.0 Å². The normalized spacial score (nSPS) is 14.7. The van der Waals surface area contributed by atoms with Crippen molar-refractivity contribution in [3.8, 4) is 0 Å². The van der Waals surface area contributed by atoms with Crippen LogP contribution in [0.2, 0.25) is 0 Å². The van der Waals surface area contributed by atoms with Crippen LogP contribution in [-0.4, -0.2) is 11.7 Å². The van der Waals surface area contributed by atoms with Crippen LogP contribution in [0.4, 0.5) is 10.1 Å². The minimum absolute atomic E-state index is 0.264. The van der Waals surface area contributed by atoms with Gasteiger partial charge in [0.2, 0.25) is 0 Å². The Hall–Kier alpha value is -1.42. The van der Waals surface area contributed by atoms with Crippen LogP contribution >= 0.6 is 12.2 Å². The van der Waals surface area contributed by atoms with Crippen LogP contribution < -0.4 is 10.6 Å². The Labute approximate surface area is 119 Å². The second-order valence-corrected chi connectivity index (χ2v) is 5.16. The molecule has 0 fully saturated rings. The molecule has 0 saturated carbocycles. The largest absolute Gasteiger partial charge is 0.362 e. The van der Waals surface area contributed by atoms with Crippen LogP contribution in [0.1, 0.15) is 32.1 Å². The Kier molecular flexibility index (Phi) is 5.33. The highest BCUT2D eigenvalue weighted by atomic mass is 32.1. The maximum atomic E-state index is 13.0. The van der Waals surface area contributed by atoms with Crippen LogP contribution in [0.3, 0.4) is 0 Å². The fraction of sp³-hybridized carbons (Fsp3) is 0.400. The second kappa shape index (κ2) is 7.24. The molecule has 0 saturated heterocycles. The predicted molar refractivity (Wildman–Crippen MR) is 81.8 cm³/mol. The van der Waals surface area contributed by atoms with Crippen LogP contribution in [0, 0.1) is 5.82 Å². The standard InChI is InChI=1S/C15H19FN2S/c16-13-7-4-8-14(11-13)18-15(19)17-10-9-12-5-2-1-3-6-12/h4-5,7-8,11H,1-3,6,9-10H2,(H2,17,18,19). The first-order chi connectivity index (χ1) is 9.24. The molecule has 0 heterocycles. The number of allylic oxidation sites excluding steroid dienone is 1. The van der Waals surface area contributed by atoms with E-state index in [-0.39, 0.29) is 5.82 Å². The number of hydrogen-bond acceptors (Lipinski definition) is 1. The highest BCUT2D eigenvalue weighted by Crippen LogP contribution is 2.19. The van der Waals surface area contributed by atoms with Gasteiger partial charge in [-0.25, -0.2) is 4.39 Å². The lowest BCUT2D eigenvalue weighted by Crippen LogP contribution is -2.29. The van der Waals surface area contributed by atoms with Crippen molar-refractivity contribution in [3.63, 3.8) is 0 Å². The minimum atomic E-state index is -0.264. The molecule has 0 amide bonds. The molecule has 0 atom stereocenters. The summed E-state index contributed by atoms with van der Waals surface area (Å²) in [5, 5.41) is 6.68. The third-order valence-electron chi connectivity index (χ3n) is 3.20. The predicted octanol–water partition coefficient (Wildman–Crippen LogP) is 4.00. The summed E-state index contributed by atoms with van der Waals surface area (Å²) in [5.74, 6) is -0.264. The molecular formula is C15H19FN2S. The molecule has 1 aliphatic carbocycles. The van der Waals surface area contributed by atoms with Crippen molar-refractivity contribution in [2.75, 3.05) is 11.9 Å². The molecule has 2 rings (SSSR count). The van der Waals surface area contributed by atoms with E-state index in [2.05, 4.69) is 16.7 Å². The van der Waals surface area contributed by atoms with Crippen molar-refractivity contribution in [2.45, 2.75) is 32.1 Å². The van der Waals surface area contributed by atoms with Gasteiger partial charge in [0, 0.05) is 12.2 Å². The molecule has 0 spiro atoms. The smallest absolute Gasteiger partial charge is 0.170 e. The highest BCUT2D eigenvalue weighted by Gasteiger charge is 2.04. The summed E-state index contributed by atoms with van der Waals surface area (Å²) in [7, 11) is 0. The monoisotopic (exact) mass is 278 g/mol.